The van der Waals surface area contributed by atoms with Crippen molar-refractivity contribution in [3.8, 4) is 5.75 Å². The van der Waals surface area contributed by atoms with Crippen molar-refractivity contribution in [1.29, 1.82) is 0 Å². The third-order valence-corrected chi connectivity index (χ3v) is 5.29. The van der Waals surface area contributed by atoms with Crippen LogP contribution in [0.1, 0.15) is 44.6 Å². The van der Waals surface area contributed by atoms with Crippen LogP contribution in [0.4, 0.5) is 4.79 Å². The highest BCUT2D eigenvalue weighted by molar-refractivity contribution is 8.18. The van der Waals surface area contributed by atoms with Crippen molar-refractivity contribution in [3.63, 3.8) is 0 Å². The predicted octanol–water partition coefficient (Wildman–Crippen LogP) is 3.89. The lowest BCUT2D eigenvalue weighted by Gasteiger charge is -2.30. The van der Waals surface area contributed by atoms with Gasteiger partial charge in [0.2, 0.25) is 0 Å². The Labute approximate surface area is 144 Å². The van der Waals surface area contributed by atoms with Crippen LogP contribution >= 0.6 is 11.8 Å². The second kappa shape index (κ2) is 6.81. The Hall–Kier alpha value is -2.08. The summed E-state index contributed by atoms with van der Waals surface area (Å²) in [5.74, 6) is -0.0658. The minimum absolute atomic E-state index is 0.176. The minimum atomic E-state index is -0.391. The fourth-order valence-corrected chi connectivity index (χ4v) is 3.65. The van der Waals surface area contributed by atoms with Gasteiger partial charge in [0.15, 0.2) is 0 Å². The number of hydrogen-bond donors (Lipinski definition) is 1. The molecule has 6 heteroatoms. The lowest BCUT2D eigenvalue weighted by molar-refractivity contribution is -0.146. The molecule has 24 heavy (non-hydrogen) atoms. The van der Waals surface area contributed by atoms with E-state index in [4.69, 9.17) is 4.74 Å². The van der Waals surface area contributed by atoms with Crippen LogP contribution in [0.5, 0.6) is 5.75 Å². The smallest absolute Gasteiger partial charge is 0.317 e. The molecular formula is C18H19NO4S. The molecule has 1 saturated carbocycles. The number of thioether (sulfide) groups is 1. The van der Waals surface area contributed by atoms with Crippen molar-refractivity contribution in [1.82, 2.24) is 5.32 Å². The van der Waals surface area contributed by atoms with Crippen molar-refractivity contribution in [2.45, 2.75) is 39.0 Å². The lowest BCUT2D eigenvalue weighted by atomic mass is 9.76. The summed E-state index contributed by atoms with van der Waals surface area (Å²) in [6.45, 7) is 1.97. The van der Waals surface area contributed by atoms with Gasteiger partial charge in [-0.15, -0.1) is 0 Å². The molecule has 1 aliphatic heterocycles. The molecule has 126 valence electrons. The summed E-state index contributed by atoms with van der Waals surface area (Å²) in [5.41, 5.74) is 0.378. The van der Waals surface area contributed by atoms with Crippen LogP contribution < -0.4 is 10.1 Å². The summed E-state index contributed by atoms with van der Waals surface area (Å²) < 4.78 is 5.52. The van der Waals surface area contributed by atoms with E-state index in [-0.39, 0.29) is 17.1 Å². The van der Waals surface area contributed by atoms with Gasteiger partial charge in [-0.05, 0) is 55.3 Å². The van der Waals surface area contributed by atoms with E-state index in [1.807, 2.05) is 6.92 Å². The van der Waals surface area contributed by atoms with Gasteiger partial charge in [-0.25, -0.2) is 0 Å². The minimum Gasteiger partial charge on any atom is -0.426 e. The first-order chi connectivity index (χ1) is 11.5. The Bertz CT molecular complexity index is 702. The van der Waals surface area contributed by atoms with Gasteiger partial charge in [0, 0.05) is 0 Å². The average Bonchev–Trinajstić information content (AvgIpc) is 2.87. The molecule has 3 rings (SSSR count). The molecule has 2 aliphatic rings. The first kappa shape index (κ1) is 16.8. The second-order valence-corrected chi connectivity index (χ2v) is 7.45. The van der Waals surface area contributed by atoms with E-state index < -0.39 is 5.41 Å². The Morgan fingerprint density at radius 3 is 2.42 bits per heavy atom. The number of carbonyl (C=O) groups excluding carboxylic acids is 3. The van der Waals surface area contributed by atoms with Gasteiger partial charge in [-0.1, -0.05) is 31.4 Å². The van der Waals surface area contributed by atoms with Crippen LogP contribution in [-0.4, -0.2) is 17.1 Å². The standard InChI is InChI=1S/C18H19NO4S/c1-18(9-3-2-4-10-18)16(21)23-13-7-5-12(6-8-13)11-14-15(20)19-17(22)24-14/h5-8,11H,2-4,9-10H2,1H3,(H,19,20,22)/b14-11-. The molecule has 2 fully saturated rings. The topological polar surface area (TPSA) is 72.5 Å². The Morgan fingerprint density at radius 1 is 1.17 bits per heavy atom. The van der Waals surface area contributed by atoms with E-state index in [0.29, 0.717) is 10.7 Å². The van der Waals surface area contributed by atoms with Crippen LogP contribution in [0, 0.1) is 5.41 Å². The number of hydrogen-bond acceptors (Lipinski definition) is 5. The summed E-state index contributed by atoms with van der Waals surface area (Å²) in [6, 6.07) is 6.93. The number of amides is 2. The van der Waals surface area contributed by atoms with E-state index in [2.05, 4.69) is 5.32 Å². The molecule has 0 spiro atoms. The molecule has 0 radical (unpaired) electrons. The molecule has 2 amide bonds. The van der Waals surface area contributed by atoms with Crippen molar-refractivity contribution in [2.75, 3.05) is 0 Å². The number of benzene rings is 1. The fraction of sp³-hybridized carbons (Fsp3) is 0.389. The second-order valence-electron chi connectivity index (χ2n) is 6.43. The third kappa shape index (κ3) is 3.70. The molecular weight excluding hydrogens is 326 g/mol. The Morgan fingerprint density at radius 2 is 1.83 bits per heavy atom. The Balaban J connectivity index is 1.66. The van der Waals surface area contributed by atoms with Gasteiger partial charge in [0.25, 0.3) is 11.1 Å². The van der Waals surface area contributed by atoms with E-state index in [9.17, 15) is 14.4 Å². The molecule has 0 unspecified atom stereocenters. The lowest BCUT2D eigenvalue weighted by Crippen LogP contribution is -2.33. The number of imide groups is 1. The number of ether oxygens (including phenoxy) is 1. The number of nitrogens with one attached hydrogen (secondary N) is 1. The van der Waals surface area contributed by atoms with E-state index in [1.165, 1.54) is 6.42 Å². The normalized spacial score (nSPS) is 21.6. The summed E-state index contributed by atoms with van der Waals surface area (Å²) in [5, 5.41) is 1.85. The first-order valence-electron chi connectivity index (χ1n) is 8.03. The van der Waals surface area contributed by atoms with Crippen LogP contribution in [0.15, 0.2) is 29.2 Å². The number of esters is 1. The highest BCUT2D eigenvalue weighted by atomic mass is 32.2. The van der Waals surface area contributed by atoms with Gasteiger partial charge in [-0.3, -0.25) is 19.7 Å². The zero-order valence-corrected chi connectivity index (χ0v) is 14.3. The molecule has 0 bridgehead atoms. The van der Waals surface area contributed by atoms with Gasteiger partial charge < -0.3 is 4.74 Å². The van der Waals surface area contributed by atoms with Gasteiger partial charge in [0.1, 0.15) is 5.75 Å². The van der Waals surface area contributed by atoms with Gasteiger partial charge in [0.05, 0.1) is 10.3 Å². The van der Waals surface area contributed by atoms with Crippen molar-refractivity contribution in [3.05, 3.63) is 34.7 Å². The number of rotatable bonds is 3. The molecule has 1 heterocycles. The van der Waals surface area contributed by atoms with E-state index in [1.54, 1.807) is 30.3 Å². The third-order valence-electron chi connectivity index (χ3n) is 4.48. The highest BCUT2D eigenvalue weighted by Crippen LogP contribution is 2.37. The quantitative estimate of drug-likeness (QED) is 0.511. The predicted molar refractivity (Wildman–Crippen MR) is 92.4 cm³/mol. The van der Waals surface area contributed by atoms with Crippen molar-refractivity contribution in [2.24, 2.45) is 5.41 Å². The highest BCUT2D eigenvalue weighted by Gasteiger charge is 2.36. The maximum absolute atomic E-state index is 12.4. The van der Waals surface area contributed by atoms with Gasteiger partial charge >= 0.3 is 5.97 Å². The summed E-state index contributed by atoms with van der Waals surface area (Å²) in [6.07, 6.45) is 6.69. The molecule has 0 aromatic heterocycles. The largest absolute Gasteiger partial charge is 0.426 e. The maximum atomic E-state index is 12.4. The molecule has 1 aromatic rings. The first-order valence-corrected chi connectivity index (χ1v) is 8.85. The summed E-state index contributed by atoms with van der Waals surface area (Å²) >= 11 is 0.878. The SMILES string of the molecule is CC1(C(=O)Oc2ccc(/C=C3\SC(=O)NC3=O)cc2)CCCCC1. The van der Waals surface area contributed by atoms with Crippen LogP contribution in [0.3, 0.4) is 0 Å². The monoisotopic (exact) mass is 345 g/mol. The molecule has 1 saturated heterocycles. The van der Waals surface area contributed by atoms with Crippen LogP contribution in [0.2, 0.25) is 0 Å². The zero-order chi connectivity index (χ0) is 17.2. The van der Waals surface area contributed by atoms with Crippen LogP contribution in [-0.2, 0) is 9.59 Å². The van der Waals surface area contributed by atoms with Crippen molar-refractivity contribution < 1.29 is 19.1 Å². The average molecular weight is 345 g/mol. The maximum Gasteiger partial charge on any atom is 0.317 e. The van der Waals surface area contributed by atoms with Gasteiger partial charge in [-0.2, -0.15) is 0 Å². The van der Waals surface area contributed by atoms with Crippen molar-refractivity contribution >= 4 is 35.0 Å². The van der Waals surface area contributed by atoms with Crippen LogP contribution in [0.25, 0.3) is 6.08 Å². The molecule has 1 aromatic carbocycles. The molecule has 0 atom stereocenters. The molecule has 1 N–H and O–H groups in total. The number of carbonyl (C=O) groups is 3. The molecule has 5 nitrogen and oxygen atoms in total. The Kier molecular flexibility index (Phi) is 4.76. The van der Waals surface area contributed by atoms with E-state index >= 15 is 0 Å². The summed E-state index contributed by atoms with van der Waals surface area (Å²) in [7, 11) is 0. The zero-order valence-electron chi connectivity index (χ0n) is 13.5. The fourth-order valence-electron chi connectivity index (χ4n) is 2.97. The summed E-state index contributed by atoms with van der Waals surface area (Å²) in [4.78, 5) is 35.4. The van der Waals surface area contributed by atoms with E-state index in [0.717, 1.165) is 43.0 Å². The molecule has 1 aliphatic carbocycles.